The normalized spacial score (nSPS) is 16.1. The molecule has 1 aliphatic carbocycles. The monoisotopic (exact) mass is 235 g/mol. The molecule has 17 heavy (non-hydrogen) atoms. The zero-order valence-corrected chi connectivity index (χ0v) is 10.1. The smallest absolute Gasteiger partial charge is 0.242 e. The van der Waals surface area contributed by atoms with Crippen molar-refractivity contribution in [1.29, 1.82) is 0 Å². The quantitative estimate of drug-likeness (QED) is 0.804. The Kier molecular flexibility index (Phi) is 3.46. The van der Waals surface area contributed by atoms with Gasteiger partial charge in [0.1, 0.15) is 6.04 Å². The van der Waals surface area contributed by atoms with E-state index in [0.29, 0.717) is 11.9 Å². The van der Waals surface area contributed by atoms with Gasteiger partial charge in [-0.3, -0.25) is 4.79 Å². The van der Waals surface area contributed by atoms with E-state index in [9.17, 15) is 4.79 Å². The Morgan fingerprint density at radius 3 is 3.00 bits per heavy atom. The van der Waals surface area contributed by atoms with Crippen LogP contribution in [0.4, 0.5) is 5.69 Å². The predicted octanol–water partition coefficient (Wildman–Crippen LogP) is 1.17. The third-order valence-electron chi connectivity index (χ3n) is 2.64. The van der Waals surface area contributed by atoms with Crippen LogP contribution in [0.2, 0.25) is 0 Å². The van der Waals surface area contributed by atoms with E-state index in [1.54, 1.807) is 19.4 Å². The first-order chi connectivity index (χ1) is 8.19. The van der Waals surface area contributed by atoms with Crippen molar-refractivity contribution in [2.45, 2.75) is 31.8 Å². The first-order valence-electron chi connectivity index (χ1n) is 5.76. The van der Waals surface area contributed by atoms with Crippen LogP contribution in [0, 0.1) is 0 Å². The lowest BCUT2D eigenvalue weighted by Gasteiger charge is -2.15. The minimum Gasteiger partial charge on any atom is -0.481 e. The summed E-state index contributed by atoms with van der Waals surface area (Å²) in [6.07, 6.45) is 3.84. The highest BCUT2D eigenvalue weighted by Gasteiger charge is 2.25. The molecule has 2 N–H and O–H groups in total. The molecule has 1 saturated carbocycles. The van der Waals surface area contributed by atoms with Crippen molar-refractivity contribution in [2.75, 3.05) is 12.4 Å². The molecule has 0 radical (unpaired) electrons. The highest BCUT2D eigenvalue weighted by Crippen LogP contribution is 2.19. The first kappa shape index (κ1) is 11.7. The minimum atomic E-state index is -0.261. The summed E-state index contributed by atoms with van der Waals surface area (Å²) < 4.78 is 5.02. The van der Waals surface area contributed by atoms with Crippen LogP contribution in [0.15, 0.2) is 18.3 Å². The Morgan fingerprint density at radius 2 is 2.35 bits per heavy atom. The summed E-state index contributed by atoms with van der Waals surface area (Å²) in [7, 11) is 1.56. The van der Waals surface area contributed by atoms with Gasteiger partial charge in [0.15, 0.2) is 0 Å². The van der Waals surface area contributed by atoms with Crippen molar-refractivity contribution in [3.63, 3.8) is 0 Å². The topological polar surface area (TPSA) is 63.2 Å². The highest BCUT2D eigenvalue weighted by molar-refractivity contribution is 5.84. The van der Waals surface area contributed by atoms with Gasteiger partial charge in [0.05, 0.1) is 7.11 Å². The average molecular weight is 235 g/mol. The number of carbonyl (C=O) groups excluding carboxylic acids is 1. The maximum atomic E-state index is 11.7. The maximum absolute atomic E-state index is 11.7. The van der Waals surface area contributed by atoms with Gasteiger partial charge < -0.3 is 15.4 Å². The SMILES string of the molecule is COc1cc(NC(C)C(=O)NC2CC2)ccn1. The Hall–Kier alpha value is -1.78. The summed E-state index contributed by atoms with van der Waals surface area (Å²) in [5.41, 5.74) is 0.829. The molecule has 1 aliphatic rings. The molecule has 1 aromatic rings. The van der Waals surface area contributed by atoms with E-state index in [2.05, 4.69) is 15.6 Å². The highest BCUT2D eigenvalue weighted by atomic mass is 16.5. The molecule has 5 heteroatoms. The van der Waals surface area contributed by atoms with E-state index in [0.717, 1.165) is 18.5 Å². The molecule has 0 aromatic carbocycles. The van der Waals surface area contributed by atoms with Crippen LogP contribution in [0.25, 0.3) is 0 Å². The number of ether oxygens (including phenoxy) is 1. The molecule has 2 rings (SSSR count). The summed E-state index contributed by atoms with van der Waals surface area (Å²) in [6.45, 7) is 1.84. The second-order valence-corrected chi connectivity index (χ2v) is 4.24. The summed E-state index contributed by atoms with van der Waals surface area (Å²) in [5, 5.41) is 6.07. The average Bonchev–Trinajstić information content (AvgIpc) is 3.13. The van der Waals surface area contributed by atoms with Gasteiger partial charge in [-0.15, -0.1) is 0 Å². The van der Waals surface area contributed by atoms with E-state index >= 15 is 0 Å². The molecule has 0 spiro atoms. The van der Waals surface area contributed by atoms with Crippen LogP contribution in [0.1, 0.15) is 19.8 Å². The number of anilines is 1. The number of aromatic nitrogens is 1. The Morgan fingerprint density at radius 1 is 1.59 bits per heavy atom. The van der Waals surface area contributed by atoms with Crippen molar-refractivity contribution in [2.24, 2.45) is 0 Å². The van der Waals surface area contributed by atoms with Gasteiger partial charge >= 0.3 is 0 Å². The van der Waals surface area contributed by atoms with Crippen LogP contribution in [0.5, 0.6) is 5.88 Å². The largest absolute Gasteiger partial charge is 0.481 e. The van der Waals surface area contributed by atoms with E-state index in [4.69, 9.17) is 4.74 Å². The molecule has 5 nitrogen and oxygen atoms in total. The Labute approximate surface area is 101 Å². The minimum absolute atomic E-state index is 0.0308. The van der Waals surface area contributed by atoms with E-state index < -0.39 is 0 Å². The molecule has 0 saturated heterocycles. The fourth-order valence-corrected chi connectivity index (χ4v) is 1.48. The lowest BCUT2D eigenvalue weighted by atomic mass is 10.3. The molecular formula is C12H17N3O2. The van der Waals surface area contributed by atoms with Crippen molar-refractivity contribution >= 4 is 11.6 Å². The van der Waals surface area contributed by atoms with Gasteiger partial charge in [0.2, 0.25) is 11.8 Å². The Balaban J connectivity index is 1.91. The second-order valence-electron chi connectivity index (χ2n) is 4.24. The van der Waals surface area contributed by atoms with Gasteiger partial charge in [-0.1, -0.05) is 0 Å². The molecule has 0 aliphatic heterocycles. The van der Waals surface area contributed by atoms with Gasteiger partial charge in [0, 0.05) is 24.0 Å². The zero-order chi connectivity index (χ0) is 12.3. The molecular weight excluding hydrogens is 218 g/mol. The number of nitrogens with zero attached hydrogens (tertiary/aromatic N) is 1. The number of methoxy groups -OCH3 is 1. The molecule has 92 valence electrons. The fourth-order valence-electron chi connectivity index (χ4n) is 1.48. The van der Waals surface area contributed by atoms with Crippen molar-refractivity contribution < 1.29 is 9.53 Å². The lowest BCUT2D eigenvalue weighted by Crippen LogP contribution is -2.38. The van der Waals surface area contributed by atoms with Crippen molar-refractivity contribution in [3.05, 3.63) is 18.3 Å². The summed E-state index contributed by atoms with van der Waals surface area (Å²) >= 11 is 0. The molecule has 0 bridgehead atoms. The third-order valence-corrected chi connectivity index (χ3v) is 2.64. The van der Waals surface area contributed by atoms with Gasteiger partial charge in [-0.05, 0) is 25.8 Å². The van der Waals surface area contributed by atoms with E-state index in [-0.39, 0.29) is 11.9 Å². The van der Waals surface area contributed by atoms with Crippen LogP contribution in [0.3, 0.4) is 0 Å². The number of hydrogen-bond acceptors (Lipinski definition) is 4. The van der Waals surface area contributed by atoms with Crippen LogP contribution in [-0.2, 0) is 4.79 Å². The van der Waals surface area contributed by atoms with Crippen LogP contribution < -0.4 is 15.4 Å². The zero-order valence-electron chi connectivity index (χ0n) is 10.1. The van der Waals surface area contributed by atoms with E-state index in [1.807, 2.05) is 13.0 Å². The number of amides is 1. The summed E-state index contributed by atoms with van der Waals surface area (Å²) in [4.78, 5) is 15.7. The standard InChI is InChI=1S/C12H17N3O2/c1-8(12(16)15-9-3-4-9)14-10-5-6-13-11(7-10)17-2/h5-9H,3-4H2,1-2H3,(H,13,14)(H,15,16). The summed E-state index contributed by atoms with van der Waals surface area (Å²) in [6, 6.07) is 3.70. The first-order valence-corrected chi connectivity index (χ1v) is 5.76. The number of hydrogen-bond donors (Lipinski definition) is 2. The third kappa shape index (κ3) is 3.34. The second kappa shape index (κ2) is 5.03. The number of rotatable bonds is 5. The van der Waals surface area contributed by atoms with Gasteiger partial charge in [0.25, 0.3) is 0 Å². The molecule has 1 fully saturated rings. The van der Waals surface area contributed by atoms with Crippen molar-refractivity contribution in [1.82, 2.24) is 10.3 Å². The van der Waals surface area contributed by atoms with Crippen LogP contribution >= 0.6 is 0 Å². The molecule has 1 unspecified atom stereocenters. The number of nitrogens with one attached hydrogen (secondary N) is 2. The molecule has 1 atom stereocenters. The fraction of sp³-hybridized carbons (Fsp3) is 0.500. The van der Waals surface area contributed by atoms with Gasteiger partial charge in [-0.2, -0.15) is 0 Å². The van der Waals surface area contributed by atoms with Crippen LogP contribution in [-0.4, -0.2) is 30.1 Å². The summed E-state index contributed by atoms with van der Waals surface area (Å²) in [5.74, 6) is 0.563. The molecule has 1 heterocycles. The molecule has 1 amide bonds. The number of carbonyl (C=O) groups is 1. The predicted molar refractivity (Wildman–Crippen MR) is 65.0 cm³/mol. The Bertz CT molecular complexity index is 404. The number of pyridine rings is 1. The van der Waals surface area contributed by atoms with E-state index in [1.165, 1.54) is 0 Å². The maximum Gasteiger partial charge on any atom is 0.242 e. The van der Waals surface area contributed by atoms with Gasteiger partial charge in [-0.25, -0.2) is 4.98 Å². The molecule has 1 aromatic heterocycles. The van der Waals surface area contributed by atoms with Crippen molar-refractivity contribution in [3.8, 4) is 5.88 Å². The lowest BCUT2D eigenvalue weighted by molar-refractivity contribution is -0.121.